The molecule has 6 nitrogen and oxygen atoms in total. The molecule has 3 rings (SSSR count). The van der Waals surface area contributed by atoms with Gasteiger partial charge in [0.05, 0.1) is 10.9 Å². The van der Waals surface area contributed by atoms with Crippen molar-refractivity contribution in [1.29, 1.82) is 0 Å². The monoisotopic (exact) mass is 317 g/mol. The van der Waals surface area contributed by atoms with Crippen LogP contribution in [-0.4, -0.2) is 37.4 Å². The molecule has 0 spiro atoms. The van der Waals surface area contributed by atoms with Crippen molar-refractivity contribution in [3.05, 3.63) is 29.3 Å². The van der Waals surface area contributed by atoms with Crippen LogP contribution in [0.2, 0.25) is 0 Å². The number of aryl methyl sites for hydroxylation is 2. The van der Waals surface area contributed by atoms with Gasteiger partial charge in [0.15, 0.2) is 0 Å². The molecule has 1 heterocycles. The maximum absolute atomic E-state index is 12.1. The number of nitrogens with zero attached hydrogens (tertiary/aromatic N) is 4. The molecule has 116 valence electrons. The summed E-state index contributed by atoms with van der Waals surface area (Å²) in [6, 6.07) is 6.49. The molecular formula is C15H19N5OS. The first-order valence-electron chi connectivity index (χ1n) is 7.37. The highest BCUT2D eigenvalue weighted by molar-refractivity contribution is 8.00. The highest BCUT2D eigenvalue weighted by Gasteiger charge is 2.27. The van der Waals surface area contributed by atoms with E-state index in [1.54, 1.807) is 4.68 Å². The number of amides is 1. The first-order valence-corrected chi connectivity index (χ1v) is 8.25. The van der Waals surface area contributed by atoms with Crippen LogP contribution in [0, 0.1) is 13.8 Å². The molecular weight excluding hydrogens is 298 g/mol. The summed E-state index contributed by atoms with van der Waals surface area (Å²) in [6.45, 7) is 5.96. The van der Waals surface area contributed by atoms with E-state index in [2.05, 4.69) is 33.8 Å². The highest BCUT2D eigenvalue weighted by atomic mass is 32.2. The minimum Gasteiger partial charge on any atom is -0.352 e. The van der Waals surface area contributed by atoms with Gasteiger partial charge in [-0.1, -0.05) is 29.5 Å². The number of benzene rings is 1. The van der Waals surface area contributed by atoms with Crippen LogP contribution in [0.25, 0.3) is 5.69 Å². The number of thioether (sulfide) groups is 1. The maximum Gasteiger partial charge on any atom is 0.233 e. The van der Waals surface area contributed by atoms with Crippen molar-refractivity contribution in [2.24, 2.45) is 0 Å². The van der Waals surface area contributed by atoms with Gasteiger partial charge < -0.3 is 5.32 Å². The van der Waals surface area contributed by atoms with Crippen molar-refractivity contribution in [3.63, 3.8) is 0 Å². The highest BCUT2D eigenvalue weighted by Crippen LogP contribution is 2.26. The van der Waals surface area contributed by atoms with Gasteiger partial charge in [-0.25, -0.2) is 0 Å². The summed E-state index contributed by atoms with van der Waals surface area (Å²) in [5.41, 5.74) is 3.23. The van der Waals surface area contributed by atoms with E-state index in [9.17, 15) is 4.79 Å². The first kappa shape index (κ1) is 15.0. The number of rotatable bonds is 5. The van der Waals surface area contributed by atoms with E-state index in [0.29, 0.717) is 11.2 Å². The van der Waals surface area contributed by atoms with Crippen LogP contribution in [0.3, 0.4) is 0 Å². The van der Waals surface area contributed by atoms with Crippen molar-refractivity contribution in [2.45, 2.75) is 50.1 Å². The SMILES string of the molecule is Cc1ccc(-n2nnnc2S[C@H](C)C(=O)NC2CC2)c(C)c1. The second kappa shape index (κ2) is 6.08. The summed E-state index contributed by atoms with van der Waals surface area (Å²) >= 11 is 1.38. The summed E-state index contributed by atoms with van der Waals surface area (Å²) in [4.78, 5) is 12.1. The van der Waals surface area contributed by atoms with Gasteiger partial charge in [-0.3, -0.25) is 4.79 Å². The Hall–Kier alpha value is -1.89. The van der Waals surface area contributed by atoms with Gasteiger partial charge in [-0.2, -0.15) is 4.68 Å². The Morgan fingerprint density at radius 3 is 2.86 bits per heavy atom. The lowest BCUT2D eigenvalue weighted by atomic mass is 10.1. The average molecular weight is 317 g/mol. The lowest BCUT2D eigenvalue weighted by Crippen LogP contribution is -2.32. The third-order valence-corrected chi connectivity index (χ3v) is 4.63. The Balaban J connectivity index is 1.78. The van der Waals surface area contributed by atoms with Crippen molar-refractivity contribution >= 4 is 17.7 Å². The van der Waals surface area contributed by atoms with Crippen LogP contribution in [0.4, 0.5) is 0 Å². The van der Waals surface area contributed by atoms with E-state index < -0.39 is 0 Å². The molecule has 1 N–H and O–H groups in total. The predicted molar refractivity (Wildman–Crippen MR) is 85.1 cm³/mol. The first-order chi connectivity index (χ1) is 10.5. The summed E-state index contributed by atoms with van der Waals surface area (Å²) in [5.74, 6) is 0.0441. The summed E-state index contributed by atoms with van der Waals surface area (Å²) < 4.78 is 1.69. The lowest BCUT2D eigenvalue weighted by Gasteiger charge is -2.12. The second-order valence-electron chi connectivity index (χ2n) is 5.71. The van der Waals surface area contributed by atoms with Gasteiger partial charge in [0.25, 0.3) is 0 Å². The van der Waals surface area contributed by atoms with Gasteiger partial charge >= 0.3 is 0 Å². The summed E-state index contributed by atoms with van der Waals surface area (Å²) in [6.07, 6.45) is 2.17. The lowest BCUT2D eigenvalue weighted by molar-refractivity contribution is -0.120. The molecule has 1 atom stereocenters. The van der Waals surface area contributed by atoms with E-state index in [1.165, 1.54) is 17.3 Å². The number of hydrogen-bond acceptors (Lipinski definition) is 5. The van der Waals surface area contributed by atoms with Gasteiger partial charge in [0, 0.05) is 6.04 Å². The average Bonchev–Trinajstić information content (AvgIpc) is 3.17. The summed E-state index contributed by atoms with van der Waals surface area (Å²) in [7, 11) is 0. The number of carbonyl (C=O) groups is 1. The van der Waals surface area contributed by atoms with Crippen LogP contribution in [0.1, 0.15) is 30.9 Å². The zero-order valence-electron chi connectivity index (χ0n) is 12.9. The Morgan fingerprint density at radius 2 is 2.18 bits per heavy atom. The number of carbonyl (C=O) groups excluding carboxylic acids is 1. The van der Waals surface area contributed by atoms with Gasteiger partial charge in [0.2, 0.25) is 11.1 Å². The van der Waals surface area contributed by atoms with Crippen LogP contribution in [0.5, 0.6) is 0 Å². The minimum atomic E-state index is -0.226. The molecule has 1 aromatic carbocycles. The fourth-order valence-corrected chi connectivity index (χ4v) is 3.01. The van der Waals surface area contributed by atoms with Crippen molar-refractivity contribution in [2.75, 3.05) is 0 Å². The number of nitrogens with one attached hydrogen (secondary N) is 1. The number of tetrazole rings is 1. The Labute approximate surface area is 133 Å². The maximum atomic E-state index is 12.1. The fourth-order valence-electron chi connectivity index (χ4n) is 2.20. The second-order valence-corrected chi connectivity index (χ2v) is 7.01. The van der Waals surface area contributed by atoms with Crippen LogP contribution < -0.4 is 5.32 Å². The molecule has 1 amide bonds. The largest absolute Gasteiger partial charge is 0.352 e. The smallest absolute Gasteiger partial charge is 0.233 e. The van der Waals surface area contributed by atoms with E-state index in [1.807, 2.05) is 26.0 Å². The zero-order chi connectivity index (χ0) is 15.7. The molecule has 1 fully saturated rings. The predicted octanol–water partition coefficient (Wildman–Crippen LogP) is 2.04. The molecule has 0 aliphatic heterocycles. The van der Waals surface area contributed by atoms with Gasteiger partial charge in [-0.05, 0) is 55.7 Å². The van der Waals surface area contributed by atoms with Crippen molar-refractivity contribution in [1.82, 2.24) is 25.5 Å². The Morgan fingerprint density at radius 1 is 1.41 bits per heavy atom. The van der Waals surface area contributed by atoms with E-state index in [-0.39, 0.29) is 11.2 Å². The molecule has 0 radical (unpaired) electrons. The van der Waals surface area contributed by atoms with E-state index in [4.69, 9.17) is 0 Å². The van der Waals surface area contributed by atoms with Crippen LogP contribution >= 0.6 is 11.8 Å². The normalized spacial score (nSPS) is 15.6. The van der Waals surface area contributed by atoms with Crippen molar-refractivity contribution < 1.29 is 4.79 Å². The minimum absolute atomic E-state index is 0.0441. The molecule has 1 saturated carbocycles. The topological polar surface area (TPSA) is 72.7 Å². The van der Waals surface area contributed by atoms with Gasteiger partial charge in [0.1, 0.15) is 0 Å². The third kappa shape index (κ3) is 3.30. The number of aromatic nitrogens is 4. The fraction of sp³-hybridized carbons (Fsp3) is 0.467. The van der Waals surface area contributed by atoms with Gasteiger partial charge in [-0.15, -0.1) is 5.10 Å². The standard InChI is InChI=1S/C15H19N5OS/c1-9-4-7-13(10(2)8-9)20-15(17-18-19-20)22-11(3)14(21)16-12-5-6-12/h4,7-8,11-12H,5-6H2,1-3H3,(H,16,21)/t11-/m1/s1. The van der Waals surface area contributed by atoms with E-state index in [0.717, 1.165) is 24.1 Å². The summed E-state index contributed by atoms with van der Waals surface area (Å²) in [5, 5.41) is 15.3. The Kier molecular flexibility index (Phi) is 4.15. The molecule has 2 aromatic rings. The molecule has 0 bridgehead atoms. The molecule has 22 heavy (non-hydrogen) atoms. The van der Waals surface area contributed by atoms with Crippen molar-refractivity contribution in [3.8, 4) is 5.69 Å². The molecule has 1 aliphatic carbocycles. The number of hydrogen-bond donors (Lipinski definition) is 1. The molecule has 7 heteroatoms. The van der Waals surface area contributed by atoms with E-state index >= 15 is 0 Å². The molecule has 0 saturated heterocycles. The zero-order valence-corrected chi connectivity index (χ0v) is 13.7. The molecule has 0 unspecified atom stereocenters. The third-order valence-electron chi connectivity index (χ3n) is 3.60. The molecule has 1 aliphatic rings. The quantitative estimate of drug-likeness (QED) is 0.854. The van der Waals surface area contributed by atoms with Crippen LogP contribution in [0.15, 0.2) is 23.4 Å². The molecule has 1 aromatic heterocycles. The van der Waals surface area contributed by atoms with Crippen LogP contribution in [-0.2, 0) is 4.79 Å². The Bertz CT molecular complexity index is 695.